The summed E-state index contributed by atoms with van der Waals surface area (Å²) < 4.78 is 205. The topological polar surface area (TPSA) is 372 Å². The van der Waals surface area contributed by atoms with Crippen molar-refractivity contribution in [3.05, 3.63) is 159 Å². The highest BCUT2D eigenvalue weighted by molar-refractivity contribution is 7.46. The normalized spacial score (nSPS) is 16.7. The number of aryl methyl sites for hydroxylation is 1. The molecule has 30 nitrogen and oxygen atoms in total. The van der Waals surface area contributed by atoms with Gasteiger partial charge in [0.15, 0.2) is 0 Å². The third-order valence-corrected chi connectivity index (χ3v) is 21.6. The first kappa shape index (κ1) is 97.8. The number of methoxy groups -OCH3 is 2. The van der Waals surface area contributed by atoms with Crippen LogP contribution in [-0.2, 0) is 88.2 Å². The minimum atomic E-state index is -5.67. The second kappa shape index (κ2) is 39.3. The number of piperazine rings is 1. The van der Waals surface area contributed by atoms with E-state index in [-0.39, 0.29) is 44.5 Å². The minimum Gasteiger partial charge on any atom is -0.459 e. The maximum absolute atomic E-state index is 17.0. The SMILES string of the molecule is COC(=O)N[C@H](C(=O)N[C@@H](Cc1ccc(C#Cc2cnc(N3CC4CCC(C3)N4C3COC3)nc2)cc1)[C@H](CN(Cc1c(F)cc(-c2ccn(C(F)F)n2)cc1F)NC(=O)[C@@H](NC(=O)OC)C(C)(C)C(F)(F)F)OC(=O)CC(C)(C)c1c(CC(=O)N[C@@H](Cc2ccc(C(=O)OC(C)(C)C)cc2)C(=O)OC(C)(C)C)cc(C)cc1OP(=O)(O)O)C(C)(C)C(F)(F)F. The number of alkyl carbamates (subject to hydrolysis) is 2. The van der Waals surface area contributed by atoms with Gasteiger partial charge in [0.25, 0.3) is 5.91 Å². The van der Waals surface area contributed by atoms with Gasteiger partial charge in [-0.05, 0) is 166 Å². The molecule has 3 aliphatic rings. The summed E-state index contributed by atoms with van der Waals surface area (Å²) in [5.41, 5.74) is -9.60. The number of phosphoric acid groups is 1. The number of nitrogens with one attached hydrogen (secondary N) is 5. The summed E-state index contributed by atoms with van der Waals surface area (Å²) in [6.45, 7) is 12.3. The number of ether oxygens (including phenoxy) is 6. The van der Waals surface area contributed by atoms with Gasteiger partial charge in [-0.25, -0.2) is 52.2 Å². The van der Waals surface area contributed by atoms with Crippen LogP contribution in [0.1, 0.15) is 164 Å². The average Bonchev–Trinajstić information content (AvgIpc) is 1.30. The lowest BCUT2D eigenvalue weighted by atomic mass is 9.77. The molecule has 125 heavy (non-hydrogen) atoms. The zero-order valence-corrected chi connectivity index (χ0v) is 72.1. The van der Waals surface area contributed by atoms with Crippen molar-refractivity contribution in [3.63, 3.8) is 0 Å². The molecule has 5 amide bonds. The number of hydrogen-bond acceptors (Lipinski definition) is 22. The van der Waals surface area contributed by atoms with Gasteiger partial charge in [-0.1, -0.05) is 56.0 Å². The first-order chi connectivity index (χ1) is 58.0. The van der Waals surface area contributed by atoms with Gasteiger partial charge < -0.3 is 59.1 Å². The summed E-state index contributed by atoms with van der Waals surface area (Å²) in [6, 6.07) is 7.90. The molecule has 7 N–H and O–H groups in total. The molecule has 2 bridgehead atoms. The predicted molar refractivity (Wildman–Crippen MR) is 429 cm³/mol. The highest BCUT2D eigenvalue weighted by atomic mass is 31.2. The van der Waals surface area contributed by atoms with Crippen molar-refractivity contribution in [3.8, 4) is 28.8 Å². The molecule has 0 saturated carbocycles. The number of hydrazine groups is 1. The van der Waals surface area contributed by atoms with Crippen molar-refractivity contribution in [1.82, 2.24) is 56.4 Å². The van der Waals surface area contributed by atoms with Crippen molar-refractivity contribution in [2.45, 2.75) is 219 Å². The highest BCUT2D eigenvalue weighted by Gasteiger charge is 2.58. The summed E-state index contributed by atoms with van der Waals surface area (Å²) in [7, 11) is -4.20. The van der Waals surface area contributed by atoms with Gasteiger partial charge in [-0.2, -0.15) is 40.2 Å². The lowest BCUT2D eigenvalue weighted by Gasteiger charge is -2.47. The minimum absolute atomic E-state index is 0.0694. The Morgan fingerprint density at radius 1 is 0.672 bits per heavy atom. The summed E-state index contributed by atoms with van der Waals surface area (Å²) in [4.78, 5) is 149. The molecule has 0 aliphatic carbocycles. The van der Waals surface area contributed by atoms with E-state index in [2.05, 4.69) is 62.2 Å². The van der Waals surface area contributed by atoms with Crippen LogP contribution in [0.4, 0.5) is 59.4 Å². The Balaban J connectivity index is 1.17. The Kier molecular flexibility index (Phi) is 30.7. The van der Waals surface area contributed by atoms with E-state index in [0.29, 0.717) is 106 Å². The first-order valence-corrected chi connectivity index (χ1v) is 41.0. The number of nitrogens with zero attached hydrogens (tertiary/aromatic N) is 7. The van der Waals surface area contributed by atoms with Crippen LogP contribution in [0.15, 0.2) is 97.5 Å². The quantitative estimate of drug-likeness (QED) is 0.00515. The maximum atomic E-state index is 17.0. The van der Waals surface area contributed by atoms with Gasteiger partial charge in [0.05, 0.1) is 86.6 Å². The Morgan fingerprint density at radius 3 is 1.71 bits per heavy atom. The van der Waals surface area contributed by atoms with Crippen molar-refractivity contribution in [1.29, 1.82) is 0 Å². The number of hydrogen-bond donors (Lipinski definition) is 7. The van der Waals surface area contributed by atoms with Crippen LogP contribution in [-0.4, -0.2) is 206 Å². The molecule has 2 aromatic heterocycles. The smallest absolute Gasteiger partial charge is 0.459 e. The van der Waals surface area contributed by atoms with Crippen molar-refractivity contribution < 1.29 is 130 Å². The molecule has 0 radical (unpaired) electrons. The van der Waals surface area contributed by atoms with Crippen molar-refractivity contribution in [2.24, 2.45) is 10.8 Å². The summed E-state index contributed by atoms with van der Waals surface area (Å²) >= 11 is 0. The van der Waals surface area contributed by atoms with E-state index in [9.17, 15) is 51.9 Å². The van der Waals surface area contributed by atoms with Crippen molar-refractivity contribution in [2.75, 3.05) is 52.0 Å². The highest BCUT2D eigenvalue weighted by Crippen LogP contribution is 2.47. The zero-order valence-electron chi connectivity index (χ0n) is 71.2. The van der Waals surface area contributed by atoms with Crippen LogP contribution < -0.4 is 36.1 Å². The number of carbonyl (C=O) groups excluding carboxylic acids is 8. The Morgan fingerprint density at radius 2 is 1.21 bits per heavy atom. The number of esters is 3. The molecule has 2 unspecified atom stereocenters. The Labute approximate surface area is 714 Å². The standard InChI is InChI=1S/C84H101F10N12O18P/c1-46-30-53(36-65(107)97-62(73(112)123-79(5,6)7)33-49-22-24-51(25-23-49)72(111)122-78(2,3)4)67(63(31-46)124-125(115,116)117)80(8,9)37-66(108)121-64(43-104(102-71(110)69(100-77(114)119-15)82(12,13)84(92,93)94)42-57-58(85)34-52(35-59(57)86)60-28-29-105(101-60)74(87)88)61(98-70(109)68(99-76(113)118-14)81(10,11)83(89,90)91)32-48-19-16-47(17-20-48)18-21-50-38-95-75(96-39-50)103-40-54-26-27-55(41-103)106(54)56-44-120-45-56/h16-17,19-20,22-25,28-31,34-35,38-39,54-56,61-62,64,68-69,74H,26-27,32-33,36-37,40-45H2,1-15H3,(H,97,107)(H,98,109)(H,99,113)(H,100,114)(H,102,110)(H2,115,116,117)/t54?,55?,61-,62-,64-,68+,69+/m0/s1. The van der Waals surface area contributed by atoms with E-state index in [1.165, 1.54) is 87.8 Å². The number of anilines is 1. The largest absolute Gasteiger partial charge is 0.524 e. The number of benzene rings is 4. The Hall–Kier alpha value is -11.0. The van der Waals surface area contributed by atoms with E-state index >= 15 is 44.7 Å². The fraction of sp³-hybridized carbons (Fsp3) is 0.512. The molecule has 7 atom stereocenters. The number of halogens is 10. The fourth-order valence-corrected chi connectivity index (χ4v) is 15.0. The average molecular weight is 1790 g/mol. The summed E-state index contributed by atoms with van der Waals surface area (Å²) in [5.74, 6) is -5.07. The zero-order chi connectivity index (χ0) is 92.6. The number of carbonyl (C=O) groups is 8. The number of aromatic nitrogens is 4. The maximum Gasteiger partial charge on any atom is 0.524 e. The lowest BCUT2D eigenvalue weighted by Crippen LogP contribution is -2.64. The van der Waals surface area contributed by atoms with Gasteiger partial charge >= 0.3 is 56.8 Å². The third kappa shape index (κ3) is 25.9. The monoisotopic (exact) mass is 1790 g/mol. The molecular weight excluding hydrogens is 1690 g/mol. The van der Waals surface area contributed by atoms with Crippen LogP contribution >= 0.6 is 7.82 Å². The molecule has 680 valence electrons. The van der Waals surface area contributed by atoms with Gasteiger partial charge in [0.2, 0.25) is 17.8 Å². The second-order valence-electron chi connectivity index (χ2n) is 34.5. The number of rotatable bonds is 32. The predicted octanol–water partition coefficient (Wildman–Crippen LogP) is 11.3. The second-order valence-corrected chi connectivity index (χ2v) is 35.6. The molecule has 3 fully saturated rings. The summed E-state index contributed by atoms with van der Waals surface area (Å²) in [6.07, 6.45) is -13.5. The molecule has 41 heteroatoms. The van der Waals surface area contributed by atoms with E-state index in [1.54, 1.807) is 46.9 Å². The van der Waals surface area contributed by atoms with E-state index in [0.717, 1.165) is 45.4 Å². The van der Waals surface area contributed by atoms with Crippen LogP contribution in [0.25, 0.3) is 11.3 Å². The number of fused-ring (bicyclic) bond motifs is 2. The summed E-state index contributed by atoms with van der Waals surface area (Å²) in [5, 5.41) is 12.7. The molecule has 3 saturated heterocycles. The lowest BCUT2D eigenvalue weighted by molar-refractivity contribution is -0.221. The van der Waals surface area contributed by atoms with Crippen LogP contribution in [0, 0.1) is 41.2 Å². The fourth-order valence-electron chi connectivity index (χ4n) is 14.6. The van der Waals surface area contributed by atoms with Crippen LogP contribution in [0.3, 0.4) is 0 Å². The molecule has 6 aromatic rings. The van der Waals surface area contributed by atoms with Gasteiger partial charge in [0, 0.05) is 84.4 Å². The number of amides is 5. The van der Waals surface area contributed by atoms with E-state index in [4.69, 9.17) is 23.5 Å². The molecule has 5 heterocycles. The van der Waals surface area contributed by atoms with Crippen molar-refractivity contribution >= 4 is 61.6 Å². The van der Waals surface area contributed by atoms with E-state index < -0.39 is 199 Å². The first-order valence-electron chi connectivity index (χ1n) is 39.5. The molecule has 4 aromatic carbocycles. The van der Waals surface area contributed by atoms with E-state index in [1.807, 2.05) is 5.32 Å². The van der Waals surface area contributed by atoms with Gasteiger partial charge in [-0.15, -0.1) is 0 Å². The number of alkyl halides is 8. The molecular formula is C84H101F10N12O18P. The third-order valence-electron chi connectivity index (χ3n) is 21.1. The van der Waals surface area contributed by atoms with Crippen LogP contribution in [0.5, 0.6) is 5.75 Å². The Bertz CT molecular complexity index is 4990. The van der Waals surface area contributed by atoms with Gasteiger partial charge in [0.1, 0.15) is 52.8 Å². The van der Waals surface area contributed by atoms with Gasteiger partial charge in [-0.3, -0.25) is 39.3 Å². The molecule has 0 spiro atoms. The molecule has 3 aliphatic heterocycles. The van der Waals surface area contributed by atoms with Crippen LogP contribution in [0.2, 0.25) is 0 Å². The number of phosphoric ester groups is 1. The molecule has 9 rings (SSSR count).